The molecule has 1 fully saturated rings. The zero-order valence-electron chi connectivity index (χ0n) is 10.6. The van der Waals surface area contributed by atoms with Crippen molar-refractivity contribution in [3.8, 4) is 0 Å². The SMILES string of the molecule is Cc1nc2ccc(NC(=O)N3CC[C@H](O)C3)cc2s1. The lowest BCUT2D eigenvalue weighted by atomic mass is 10.3. The quantitative estimate of drug-likeness (QED) is 0.840. The van der Waals surface area contributed by atoms with E-state index in [1.807, 2.05) is 25.1 Å². The van der Waals surface area contributed by atoms with Crippen LogP contribution in [-0.4, -0.2) is 40.2 Å². The second-order valence-electron chi connectivity index (χ2n) is 4.73. The normalized spacial score (nSPS) is 19.1. The van der Waals surface area contributed by atoms with Crippen LogP contribution in [0.4, 0.5) is 10.5 Å². The highest BCUT2D eigenvalue weighted by atomic mass is 32.1. The van der Waals surface area contributed by atoms with Crippen molar-refractivity contribution < 1.29 is 9.90 Å². The summed E-state index contributed by atoms with van der Waals surface area (Å²) in [6, 6.07) is 5.54. The summed E-state index contributed by atoms with van der Waals surface area (Å²) in [5.41, 5.74) is 1.72. The van der Waals surface area contributed by atoms with Gasteiger partial charge in [0.15, 0.2) is 0 Å². The van der Waals surface area contributed by atoms with E-state index in [4.69, 9.17) is 0 Å². The van der Waals surface area contributed by atoms with Crippen LogP contribution >= 0.6 is 11.3 Å². The number of hydrogen-bond donors (Lipinski definition) is 2. The van der Waals surface area contributed by atoms with Gasteiger partial charge in [-0.25, -0.2) is 9.78 Å². The zero-order valence-corrected chi connectivity index (χ0v) is 11.4. The van der Waals surface area contributed by atoms with E-state index in [0.29, 0.717) is 19.5 Å². The molecular formula is C13H15N3O2S. The van der Waals surface area contributed by atoms with E-state index in [1.165, 1.54) is 0 Å². The van der Waals surface area contributed by atoms with Crippen LogP contribution in [0.2, 0.25) is 0 Å². The van der Waals surface area contributed by atoms with Gasteiger partial charge < -0.3 is 15.3 Å². The Balaban J connectivity index is 1.75. The third-order valence-corrected chi connectivity index (χ3v) is 4.13. The fourth-order valence-electron chi connectivity index (χ4n) is 2.25. The van der Waals surface area contributed by atoms with Crippen LogP contribution in [-0.2, 0) is 0 Å². The van der Waals surface area contributed by atoms with Crippen LogP contribution in [0.3, 0.4) is 0 Å². The lowest BCUT2D eigenvalue weighted by Gasteiger charge is -2.16. The summed E-state index contributed by atoms with van der Waals surface area (Å²) >= 11 is 1.61. The largest absolute Gasteiger partial charge is 0.391 e. The van der Waals surface area contributed by atoms with Crippen LogP contribution in [0.15, 0.2) is 18.2 Å². The number of likely N-dealkylation sites (tertiary alicyclic amines) is 1. The van der Waals surface area contributed by atoms with Crippen molar-refractivity contribution in [1.29, 1.82) is 0 Å². The molecule has 1 atom stereocenters. The van der Waals surface area contributed by atoms with E-state index in [-0.39, 0.29) is 6.03 Å². The number of nitrogens with one attached hydrogen (secondary N) is 1. The second kappa shape index (κ2) is 4.79. The third kappa shape index (κ3) is 2.54. The molecule has 1 saturated heterocycles. The molecule has 0 radical (unpaired) electrons. The number of benzene rings is 1. The van der Waals surface area contributed by atoms with Crippen LogP contribution < -0.4 is 5.32 Å². The summed E-state index contributed by atoms with van der Waals surface area (Å²) in [7, 11) is 0. The van der Waals surface area contributed by atoms with E-state index in [1.54, 1.807) is 16.2 Å². The Kier molecular flexibility index (Phi) is 3.12. The molecule has 1 aromatic heterocycles. The first-order chi connectivity index (χ1) is 9.11. The molecule has 19 heavy (non-hydrogen) atoms. The molecule has 5 nitrogen and oxygen atoms in total. The molecule has 1 aliphatic rings. The van der Waals surface area contributed by atoms with Gasteiger partial charge in [-0.15, -0.1) is 11.3 Å². The first kappa shape index (κ1) is 12.4. The molecule has 1 aromatic carbocycles. The zero-order chi connectivity index (χ0) is 13.4. The number of rotatable bonds is 1. The van der Waals surface area contributed by atoms with Crippen LogP contribution in [0, 0.1) is 6.92 Å². The van der Waals surface area contributed by atoms with Gasteiger partial charge in [0.25, 0.3) is 0 Å². The summed E-state index contributed by atoms with van der Waals surface area (Å²) in [6.45, 7) is 2.98. The minimum absolute atomic E-state index is 0.155. The molecule has 0 spiro atoms. The predicted octanol–water partition coefficient (Wildman–Crippen LogP) is 2.20. The highest BCUT2D eigenvalue weighted by molar-refractivity contribution is 7.18. The number of aliphatic hydroxyl groups excluding tert-OH is 1. The molecule has 0 saturated carbocycles. The molecule has 2 heterocycles. The number of urea groups is 1. The van der Waals surface area contributed by atoms with Gasteiger partial charge in [0.1, 0.15) is 0 Å². The van der Waals surface area contributed by atoms with Crippen molar-refractivity contribution in [3.63, 3.8) is 0 Å². The summed E-state index contributed by atoms with van der Waals surface area (Å²) in [5.74, 6) is 0. The number of aromatic nitrogens is 1. The highest BCUT2D eigenvalue weighted by Crippen LogP contribution is 2.25. The molecular weight excluding hydrogens is 262 g/mol. The lowest BCUT2D eigenvalue weighted by molar-refractivity contribution is 0.176. The van der Waals surface area contributed by atoms with Crippen molar-refractivity contribution in [2.45, 2.75) is 19.4 Å². The summed E-state index contributed by atoms with van der Waals surface area (Å²) in [6.07, 6.45) is 0.262. The van der Waals surface area contributed by atoms with Crippen LogP contribution in [0.1, 0.15) is 11.4 Å². The number of hydrogen-bond acceptors (Lipinski definition) is 4. The smallest absolute Gasteiger partial charge is 0.321 e. The Morgan fingerprint density at radius 2 is 2.42 bits per heavy atom. The van der Waals surface area contributed by atoms with Gasteiger partial charge in [0, 0.05) is 18.8 Å². The number of carbonyl (C=O) groups is 1. The van der Waals surface area contributed by atoms with Crippen molar-refractivity contribution in [2.75, 3.05) is 18.4 Å². The molecule has 6 heteroatoms. The monoisotopic (exact) mass is 277 g/mol. The molecule has 2 N–H and O–H groups in total. The van der Waals surface area contributed by atoms with E-state index >= 15 is 0 Å². The average molecular weight is 277 g/mol. The van der Waals surface area contributed by atoms with Gasteiger partial charge in [0.05, 0.1) is 21.3 Å². The summed E-state index contributed by atoms with van der Waals surface area (Å²) < 4.78 is 1.07. The number of nitrogens with zero attached hydrogens (tertiary/aromatic N) is 2. The number of aryl methyl sites for hydroxylation is 1. The highest BCUT2D eigenvalue weighted by Gasteiger charge is 2.24. The van der Waals surface area contributed by atoms with Crippen molar-refractivity contribution in [2.24, 2.45) is 0 Å². The minimum Gasteiger partial charge on any atom is -0.391 e. The fourth-order valence-corrected chi connectivity index (χ4v) is 3.11. The maximum atomic E-state index is 12.0. The predicted molar refractivity (Wildman–Crippen MR) is 75.6 cm³/mol. The Bertz CT molecular complexity index is 625. The van der Waals surface area contributed by atoms with Gasteiger partial charge in [-0.1, -0.05) is 0 Å². The van der Waals surface area contributed by atoms with Gasteiger partial charge in [-0.05, 0) is 31.5 Å². The summed E-state index contributed by atoms with van der Waals surface area (Å²) in [4.78, 5) is 18.0. The second-order valence-corrected chi connectivity index (χ2v) is 5.97. The number of fused-ring (bicyclic) bond motifs is 1. The third-order valence-electron chi connectivity index (χ3n) is 3.20. The molecule has 3 rings (SSSR count). The van der Waals surface area contributed by atoms with Gasteiger partial charge in [-0.3, -0.25) is 0 Å². The van der Waals surface area contributed by atoms with E-state index in [0.717, 1.165) is 20.9 Å². The molecule has 0 bridgehead atoms. The molecule has 2 aromatic rings. The maximum Gasteiger partial charge on any atom is 0.321 e. The number of aliphatic hydroxyl groups is 1. The Morgan fingerprint density at radius 3 is 3.16 bits per heavy atom. The fraction of sp³-hybridized carbons (Fsp3) is 0.385. The molecule has 100 valence electrons. The van der Waals surface area contributed by atoms with Crippen LogP contribution in [0.5, 0.6) is 0 Å². The topological polar surface area (TPSA) is 65.5 Å². The minimum atomic E-state index is -0.391. The number of amides is 2. The van der Waals surface area contributed by atoms with Gasteiger partial charge >= 0.3 is 6.03 Å². The van der Waals surface area contributed by atoms with Crippen molar-refractivity contribution >= 4 is 33.3 Å². The van der Waals surface area contributed by atoms with Crippen molar-refractivity contribution in [1.82, 2.24) is 9.88 Å². The lowest BCUT2D eigenvalue weighted by Crippen LogP contribution is -2.33. The molecule has 0 aliphatic carbocycles. The van der Waals surface area contributed by atoms with E-state index in [2.05, 4.69) is 10.3 Å². The Labute approximate surface area is 114 Å². The molecule has 2 amide bonds. The van der Waals surface area contributed by atoms with E-state index < -0.39 is 6.10 Å². The number of carbonyl (C=O) groups excluding carboxylic acids is 1. The summed E-state index contributed by atoms with van der Waals surface area (Å²) in [5, 5.41) is 13.3. The average Bonchev–Trinajstić information content (AvgIpc) is 2.93. The van der Waals surface area contributed by atoms with E-state index in [9.17, 15) is 9.90 Å². The maximum absolute atomic E-state index is 12.0. The number of thiazole rings is 1. The van der Waals surface area contributed by atoms with Crippen LogP contribution in [0.25, 0.3) is 10.2 Å². The molecule has 0 unspecified atom stereocenters. The van der Waals surface area contributed by atoms with Gasteiger partial charge in [-0.2, -0.15) is 0 Å². The standard InChI is InChI=1S/C13H15N3O2S/c1-8-14-11-3-2-9(6-12(11)19-8)15-13(18)16-5-4-10(17)7-16/h2-3,6,10,17H,4-5,7H2,1H3,(H,15,18)/t10-/m0/s1. The first-order valence-electron chi connectivity index (χ1n) is 6.23. The van der Waals surface area contributed by atoms with Crippen molar-refractivity contribution in [3.05, 3.63) is 23.2 Å². The number of anilines is 1. The molecule has 1 aliphatic heterocycles. The first-order valence-corrected chi connectivity index (χ1v) is 7.04. The Morgan fingerprint density at radius 1 is 1.58 bits per heavy atom. The van der Waals surface area contributed by atoms with Gasteiger partial charge in [0.2, 0.25) is 0 Å². The number of β-amino-alcohol motifs (C(OH)–C–C–N with tert-alkyl or cyclic N) is 1. The Hall–Kier alpha value is -1.66.